The molecule has 0 saturated carbocycles. The maximum absolute atomic E-state index is 5.41. The van der Waals surface area contributed by atoms with Gasteiger partial charge in [0.2, 0.25) is 0 Å². The van der Waals surface area contributed by atoms with Gasteiger partial charge in [0, 0.05) is 0 Å². The summed E-state index contributed by atoms with van der Waals surface area (Å²) < 4.78 is 5.41. The van der Waals surface area contributed by atoms with E-state index in [1.165, 1.54) is 12.0 Å². The van der Waals surface area contributed by atoms with Crippen molar-refractivity contribution in [1.29, 1.82) is 0 Å². The van der Waals surface area contributed by atoms with E-state index >= 15 is 0 Å². The SMILES string of the molecule is CCOc1ccc(/N=N/c2ccc(CC(C)CC)cc2)cc1. The highest BCUT2D eigenvalue weighted by molar-refractivity contribution is 5.43. The summed E-state index contributed by atoms with van der Waals surface area (Å²) in [6.45, 7) is 7.14. The molecule has 0 aliphatic carbocycles. The van der Waals surface area contributed by atoms with Crippen LogP contribution in [0.1, 0.15) is 32.8 Å². The zero-order valence-electron chi connectivity index (χ0n) is 13.6. The molecule has 0 aliphatic heterocycles. The second-order valence-electron chi connectivity index (χ2n) is 5.51. The van der Waals surface area contributed by atoms with E-state index in [1.807, 2.05) is 43.3 Å². The van der Waals surface area contributed by atoms with E-state index in [0.717, 1.165) is 29.5 Å². The predicted octanol–water partition coefficient (Wildman–Crippen LogP) is 6.09. The molecule has 0 aromatic heterocycles. The molecule has 0 aliphatic rings. The van der Waals surface area contributed by atoms with Crippen molar-refractivity contribution in [2.24, 2.45) is 16.1 Å². The molecule has 2 rings (SSSR count). The molecule has 0 radical (unpaired) electrons. The highest BCUT2D eigenvalue weighted by Gasteiger charge is 2.01. The van der Waals surface area contributed by atoms with Crippen LogP contribution in [0.25, 0.3) is 0 Å². The Morgan fingerprint density at radius 2 is 1.41 bits per heavy atom. The van der Waals surface area contributed by atoms with Gasteiger partial charge in [-0.1, -0.05) is 32.4 Å². The molecule has 0 fully saturated rings. The Kier molecular flexibility index (Phi) is 6.13. The Morgan fingerprint density at radius 1 is 0.864 bits per heavy atom. The van der Waals surface area contributed by atoms with Crippen LogP contribution in [-0.2, 0) is 6.42 Å². The first-order chi connectivity index (χ1) is 10.7. The number of ether oxygens (including phenoxy) is 1. The summed E-state index contributed by atoms with van der Waals surface area (Å²) in [4.78, 5) is 0. The minimum absolute atomic E-state index is 0.670. The van der Waals surface area contributed by atoms with Gasteiger partial charge >= 0.3 is 0 Å². The first kappa shape index (κ1) is 16.2. The first-order valence-electron chi connectivity index (χ1n) is 7.94. The summed E-state index contributed by atoms with van der Waals surface area (Å²) in [5.74, 6) is 1.58. The topological polar surface area (TPSA) is 34.0 Å². The fourth-order valence-corrected chi connectivity index (χ4v) is 2.14. The summed E-state index contributed by atoms with van der Waals surface area (Å²) in [5, 5.41) is 8.53. The highest BCUT2D eigenvalue weighted by Crippen LogP contribution is 2.22. The second-order valence-corrected chi connectivity index (χ2v) is 5.51. The van der Waals surface area contributed by atoms with Gasteiger partial charge in [0.1, 0.15) is 5.75 Å². The molecular formula is C19H24N2O. The lowest BCUT2D eigenvalue weighted by atomic mass is 9.99. The smallest absolute Gasteiger partial charge is 0.119 e. The van der Waals surface area contributed by atoms with Crippen molar-refractivity contribution in [2.75, 3.05) is 6.61 Å². The van der Waals surface area contributed by atoms with E-state index in [1.54, 1.807) is 0 Å². The summed E-state index contributed by atoms with van der Waals surface area (Å²) in [6.07, 6.45) is 2.33. The lowest BCUT2D eigenvalue weighted by Gasteiger charge is -2.07. The molecule has 0 spiro atoms. The van der Waals surface area contributed by atoms with Gasteiger partial charge in [-0.15, -0.1) is 0 Å². The molecule has 0 heterocycles. The Labute approximate surface area is 133 Å². The Balaban J connectivity index is 1.97. The van der Waals surface area contributed by atoms with Crippen LogP contribution in [0.15, 0.2) is 58.8 Å². The molecule has 3 nitrogen and oxygen atoms in total. The predicted molar refractivity (Wildman–Crippen MR) is 91.4 cm³/mol. The summed E-state index contributed by atoms with van der Waals surface area (Å²) in [5.41, 5.74) is 3.06. The van der Waals surface area contributed by atoms with Crippen LogP contribution in [0.3, 0.4) is 0 Å². The van der Waals surface area contributed by atoms with Crippen molar-refractivity contribution in [3.63, 3.8) is 0 Å². The average molecular weight is 296 g/mol. The van der Waals surface area contributed by atoms with Crippen molar-refractivity contribution in [3.05, 3.63) is 54.1 Å². The molecule has 116 valence electrons. The number of rotatable bonds is 7. The highest BCUT2D eigenvalue weighted by atomic mass is 16.5. The zero-order chi connectivity index (χ0) is 15.8. The van der Waals surface area contributed by atoms with E-state index in [-0.39, 0.29) is 0 Å². The van der Waals surface area contributed by atoms with E-state index in [2.05, 4.69) is 36.2 Å². The van der Waals surface area contributed by atoms with Crippen molar-refractivity contribution in [1.82, 2.24) is 0 Å². The standard InChI is InChI=1S/C19H24N2O/c1-4-15(3)14-16-6-8-17(9-7-16)20-21-18-10-12-19(13-11-18)22-5-2/h6-13,15H,4-5,14H2,1-3H3/b21-20+. The summed E-state index contributed by atoms with van der Waals surface area (Å²) in [6, 6.07) is 16.0. The van der Waals surface area contributed by atoms with Gasteiger partial charge in [0.15, 0.2) is 0 Å². The van der Waals surface area contributed by atoms with Gasteiger partial charge in [-0.25, -0.2) is 0 Å². The molecule has 0 amide bonds. The molecule has 0 N–H and O–H groups in total. The van der Waals surface area contributed by atoms with E-state index in [4.69, 9.17) is 4.74 Å². The third-order valence-electron chi connectivity index (χ3n) is 3.65. The van der Waals surface area contributed by atoms with E-state index in [9.17, 15) is 0 Å². The van der Waals surface area contributed by atoms with Crippen LogP contribution in [0, 0.1) is 5.92 Å². The maximum Gasteiger partial charge on any atom is 0.119 e. The fraction of sp³-hybridized carbons (Fsp3) is 0.368. The summed E-state index contributed by atoms with van der Waals surface area (Å²) in [7, 11) is 0. The van der Waals surface area contributed by atoms with E-state index in [0.29, 0.717) is 6.61 Å². The van der Waals surface area contributed by atoms with Gasteiger partial charge in [-0.2, -0.15) is 10.2 Å². The fourth-order valence-electron chi connectivity index (χ4n) is 2.14. The number of benzene rings is 2. The lowest BCUT2D eigenvalue weighted by molar-refractivity contribution is 0.340. The normalized spacial score (nSPS) is 12.5. The number of azo groups is 1. The van der Waals surface area contributed by atoms with Crippen molar-refractivity contribution < 1.29 is 4.74 Å². The lowest BCUT2D eigenvalue weighted by Crippen LogP contribution is -1.96. The monoisotopic (exact) mass is 296 g/mol. The number of hydrogen-bond acceptors (Lipinski definition) is 3. The molecule has 3 heteroatoms. The molecule has 22 heavy (non-hydrogen) atoms. The average Bonchev–Trinajstić information content (AvgIpc) is 2.56. The molecular weight excluding hydrogens is 272 g/mol. The van der Waals surface area contributed by atoms with Crippen LogP contribution in [0.2, 0.25) is 0 Å². The van der Waals surface area contributed by atoms with Crippen LogP contribution < -0.4 is 4.74 Å². The minimum Gasteiger partial charge on any atom is -0.494 e. The van der Waals surface area contributed by atoms with Crippen LogP contribution >= 0.6 is 0 Å². The van der Waals surface area contributed by atoms with Crippen molar-refractivity contribution in [2.45, 2.75) is 33.6 Å². The molecule has 1 atom stereocenters. The maximum atomic E-state index is 5.41. The van der Waals surface area contributed by atoms with Gasteiger partial charge in [-0.3, -0.25) is 0 Å². The van der Waals surface area contributed by atoms with Gasteiger partial charge in [0.25, 0.3) is 0 Å². The van der Waals surface area contributed by atoms with Crippen molar-refractivity contribution >= 4 is 11.4 Å². The second kappa shape index (κ2) is 8.32. The molecule has 2 aromatic carbocycles. The Morgan fingerprint density at radius 3 is 1.91 bits per heavy atom. The molecule has 0 saturated heterocycles. The number of nitrogens with zero attached hydrogens (tertiary/aromatic N) is 2. The van der Waals surface area contributed by atoms with Crippen LogP contribution in [-0.4, -0.2) is 6.61 Å². The molecule has 0 bridgehead atoms. The zero-order valence-corrected chi connectivity index (χ0v) is 13.6. The Hall–Kier alpha value is -2.16. The molecule has 1 unspecified atom stereocenters. The van der Waals surface area contributed by atoms with Gasteiger partial charge < -0.3 is 4.74 Å². The van der Waals surface area contributed by atoms with Crippen LogP contribution in [0.4, 0.5) is 11.4 Å². The third-order valence-corrected chi connectivity index (χ3v) is 3.65. The van der Waals surface area contributed by atoms with Crippen molar-refractivity contribution in [3.8, 4) is 5.75 Å². The van der Waals surface area contributed by atoms with E-state index < -0.39 is 0 Å². The van der Waals surface area contributed by atoms with Crippen LogP contribution in [0.5, 0.6) is 5.75 Å². The van der Waals surface area contributed by atoms with Gasteiger partial charge in [0.05, 0.1) is 18.0 Å². The van der Waals surface area contributed by atoms with Gasteiger partial charge in [-0.05, 0) is 61.2 Å². The third kappa shape index (κ3) is 4.99. The quantitative estimate of drug-likeness (QED) is 0.569. The minimum atomic E-state index is 0.670. The summed E-state index contributed by atoms with van der Waals surface area (Å²) >= 11 is 0. The number of hydrogen-bond donors (Lipinski definition) is 0. The largest absolute Gasteiger partial charge is 0.494 e. The Bertz CT molecular complexity index is 588. The molecule has 2 aromatic rings. The first-order valence-corrected chi connectivity index (χ1v) is 7.94.